The van der Waals surface area contributed by atoms with Gasteiger partial charge in [0.1, 0.15) is 0 Å². The normalized spacial score (nSPS) is 39.0. The Labute approximate surface area is 138 Å². The first-order chi connectivity index (χ1) is 11.3. The lowest BCUT2D eigenvalue weighted by Gasteiger charge is -2.22. The van der Waals surface area contributed by atoms with Crippen LogP contribution in [0, 0.1) is 0 Å². The number of fused-ring (bicyclic) bond motifs is 7. The van der Waals surface area contributed by atoms with E-state index in [1.807, 2.05) is 0 Å². The Morgan fingerprint density at radius 2 is 1.87 bits per heavy atom. The molecule has 5 heterocycles. The summed E-state index contributed by atoms with van der Waals surface area (Å²) in [5.74, 6) is 0. The molecule has 2 fully saturated rings. The minimum absolute atomic E-state index is 0.526. The summed E-state index contributed by atoms with van der Waals surface area (Å²) in [6.07, 6.45) is 15.4. The smallest absolute Gasteiger partial charge is 0.0521 e. The van der Waals surface area contributed by atoms with Crippen molar-refractivity contribution < 1.29 is 0 Å². The van der Waals surface area contributed by atoms with Gasteiger partial charge < -0.3 is 10.6 Å². The fraction of sp³-hybridized carbons (Fsp3) is 0.684. The molecule has 8 bridgehead atoms. The molecule has 0 aliphatic carbocycles. The van der Waals surface area contributed by atoms with Gasteiger partial charge >= 0.3 is 0 Å². The largest absolute Gasteiger partial charge is 0.384 e. The van der Waals surface area contributed by atoms with Crippen LogP contribution in [0.5, 0.6) is 0 Å². The average molecular weight is 310 g/mol. The highest BCUT2D eigenvalue weighted by atomic mass is 15.1. The molecule has 0 amide bonds. The van der Waals surface area contributed by atoms with Crippen molar-refractivity contribution >= 4 is 11.4 Å². The molecule has 4 heteroatoms. The molecule has 5 aliphatic heterocycles. The van der Waals surface area contributed by atoms with Gasteiger partial charge in [0.15, 0.2) is 0 Å². The molecule has 23 heavy (non-hydrogen) atoms. The van der Waals surface area contributed by atoms with E-state index in [2.05, 4.69) is 22.8 Å². The number of allylic oxidation sites excluding steroid dienone is 4. The summed E-state index contributed by atoms with van der Waals surface area (Å²) in [6, 6.07) is 2.44. The lowest BCUT2D eigenvalue weighted by Crippen LogP contribution is -2.43. The number of nitrogens with one attached hydrogen (secondary N) is 2. The van der Waals surface area contributed by atoms with Crippen molar-refractivity contribution in [2.45, 2.75) is 82.0 Å². The zero-order chi connectivity index (χ0) is 15.2. The molecule has 2 N–H and O–H groups in total. The van der Waals surface area contributed by atoms with E-state index >= 15 is 0 Å². The minimum atomic E-state index is 0.526. The van der Waals surface area contributed by atoms with E-state index in [-0.39, 0.29) is 0 Å². The van der Waals surface area contributed by atoms with Gasteiger partial charge in [-0.15, -0.1) is 0 Å². The van der Waals surface area contributed by atoms with Crippen LogP contribution >= 0.6 is 0 Å². The molecule has 0 aromatic rings. The monoisotopic (exact) mass is 310 g/mol. The van der Waals surface area contributed by atoms with Gasteiger partial charge in [-0.2, -0.15) is 0 Å². The van der Waals surface area contributed by atoms with Gasteiger partial charge in [-0.1, -0.05) is 0 Å². The van der Waals surface area contributed by atoms with Crippen LogP contribution in [0.2, 0.25) is 0 Å². The number of rotatable bonds is 0. The zero-order valence-corrected chi connectivity index (χ0v) is 13.7. The van der Waals surface area contributed by atoms with E-state index in [0.29, 0.717) is 24.2 Å². The van der Waals surface area contributed by atoms with Gasteiger partial charge in [-0.25, -0.2) is 0 Å². The van der Waals surface area contributed by atoms with Crippen LogP contribution in [-0.4, -0.2) is 35.6 Å². The maximum Gasteiger partial charge on any atom is 0.0521 e. The lowest BCUT2D eigenvalue weighted by atomic mass is 10.0. The summed E-state index contributed by atoms with van der Waals surface area (Å²) in [7, 11) is 0. The quantitative estimate of drug-likeness (QED) is 0.723. The van der Waals surface area contributed by atoms with Crippen LogP contribution in [0.25, 0.3) is 0 Å². The second-order valence-corrected chi connectivity index (χ2v) is 7.79. The predicted octanol–water partition coefficient (Wildman–Crippen LogP) is 2.87. The Kier molecular flexibility index (Phi) is 3.39. The molecule has 0 spiro atoms. The minimum Gasteiger partial charge on any atom is -0.384 e. The molecule has 4 atom stereocenters. The van der Waals surface area contributed by atoms with Crippen LogP contribution in [0.1, 0.15) is 57.8 Å². The van der Waals surface area contributed by atoms with Crippen molar-refractivity contribution in [1.82, 2.24) is 10.6 Å². The lowest BCUT2D eigenvalue weighted by molar-refractivity contribution is 0.412. The standard InChI is InChI=1S/C19H26N4/c1-3-14-10-16-5-7-18(22-16)19-8-6-17(23-19)11-15-4-2-13(21-15)9-12(1)20-14/h9-10,15,17-19,22-23H,1-8,11H2. The molecule has 0 radical (unpaired) electrons. The van der Waals surface area contributed by atoms with Crippen molar-refractivity contribution in [3.8, 4) is 0 Å². The first kappa shape index (κ1) is 14.0. The van der Waals surface area contributed by atoms with E-state index in [1.54, 1.807) is 0 Å². The molecule has 5 aliphatic rings. The highest BCUT2D eigenvalue weighted by Gasteiger charge is 2.34. The van der Waals surface area contributed by atoms with Crippen molar-refractivity contribution in [1.29, 1.82) is 0 Å². The maximum absolute atomic E-state index is 4.98. The Balaban J connectivity index is 1.47. The fourth-order valence-corrected chi connectivity index (χ4v) is 4.90. The third kappa shape index (κ3) is 2.78. The van der Waals surface area contributed by atoms with E-state index in [4.69, 9.17) is 9.98 Å². The number of hydrogen-bond donors (Lipinski definition) is 2. The molecule has 4 unspecified atom stereocenters. The Hall–Kier alpha value is -1.42. The molecule has 0 aromatic carbocycles. The van der Waals surface area contributed by atoms with Crippen LogP contribution in [0.3, 0.4) is 0 Å². The SMILES string of the molecule is C1=C2CCC(=N2)C=C2CCC(N2)C2CCC(CC3CCC1=N3)N2. The van der Waals surface area contributed by atoms with E-state index in [9.17, 15) is 0 Å². The molecule has 2 saturated heterocycles. The van der Waals surface area contributed by atoms with Gasteiger partial charge in [0.05, 0.1) is 6.04 Å². The molecule has 122 valence electrons. The van der Waals surface area contributed by atoms with Crippen molar-refractivity contribution in [2.75, 3.05) is 0 Å². The first-order valence-corrected chi connectivity index (χ1v) is 9.40. The maximum atomic E-state index is 4.98. The Morgan fingerprint density at radius 1 is 0.870 bits per heavy atom. The third-order valence-electron chi connectivity index (χ3n) is 6.09. The van der Waals surface area contributed by atoms with Gasteiger partial charge in [0.25, 0.3) is 0 Å². The van der Waals surface area contributed by atoms with E-state index in [0.717, 1.165) is 19.3 Å². The molecule has 0 aromatic heterocycles. The van der Waals surface area contributed by atoms with Gasteiger partial charge in [-0.05, 0) is 69.9 Å². The molecule has 5 rings (SSSR count). The molecule has 0 saturated carbocycles. The summed E-state index contributed by atoms with van der Waals surface area (Å²) >= 11 is 0. The van der Waals surface area contributed by atoms with Gasteiger partial charge in [-0.3, -0.25) is 9.98 Å². The summed E-state index contributed by atoms with van der Waals surface area (Å²) < 4.78 is 0. The van der Waals surface area contributed by atoms with Crippen molar-refractivity contribution in [3.63, 3.8) is 0 Å². The van der Waals surface area contributed by atoms with Crippen molar-refractivity contribution in [3.05, 3.63) is 23.5 Å². The molecule has 4 nitrogen and oxygen atoms in total. The van der Waals surface area contributed by atoms with E-state index in [1.165, 1.54) is 61.3 Å². The van der Waals surface area contributed by atoms with Crippen LogP contribution in [0.4, 0.5) is 0 Å². The number of nitrogens with zero attached hydrogens (tertiary/aromatic N) is 2. The Morgan fingerprint density at radius 3 is 2.87 bits per heavy atom. The molecular weight excluding hydrogens is 284 g/mol. The Bertz CT molecular complexity index is 627. The van der Waals surface area contributed by atoms with Crippen LogP contribution < -0.4 is 10.6 Å². The summed E-state index contributed by atoms with van der Waals surface area (Å²) in [6.45, 7) is 0. The highest BCUT2D eigenvalue weighted by molar-refractivity contribution is 6.01. The summed E-state index contributed by atoms with van der Waals surface area (Å²) in [5.41, 5.74) is 5.17. The third-order valence-corrected chi connectivity index (χ3v) is 6.09. The van der Waals surface area contributed by atoms with Crippen LogP contribution in [-0.2, 0) is 0 Å². The van der Waals surface area contributed by atoms with Gasteiger partial charge in [0, 0.05) is 40.9 Å². The highest BCUT2D eigenvalue weighted by Crippen LogP contribution is 2.30. The summed E-state index contributed by atoms with van der Waals surface area (Å²) in [4.78, 5) is 9.83. The van der Waals surface area contributed by atoms with Crippen molar-refractivity contribution in [2.24, 2.45) is 9.98 Å². The zero-order valence-electron chi connectivity index (χ0n) is 13.7. The predicted molar refractivity (Wildman–Crippen MR) is 94.0 cm³/mol. The fourth-order valence-electron chi connectivity index (χ4n) is 4.90. The second kappa shape index (κ2) is 5.59. The molecular formula is C19H26N4. The van der Waals surface area contributed by atoms with Crippen LogP contribution in [0.15, 0.2) is 33.5 Å². The van der Waals surface area contributed by atoms with Gasteiger partial charge in [0.2, 0.25) is 0 Å². The van der Waals surface area contributed by atoms with E-state index < -0.39 is 0 Å². The second-order valence-electron chi connectivity index (χ2n) is 7.79. The topological polar surface area (TPSA) is 48.8 Å². The summed E-state index contributed by atoms with van der Waals surface area (Å²) in [5, 5.41) is 7.67. The average Bonchev–Trinajstić information content (AvgIpc) is 3.28. The first-order valence-electron chi connectivity index (χ1n) is 9.40. The number of aliphatic imine (C=N–C) groups is 2. The number of hydrogen-bond acceptors (Lipinski definition) is 4.